The smallest absolute Gasteiger partial charge is 0.146 e. The zero-order chi connectivity index (χ0) is 12.3. The van der Waals surface area contributed by atoms with Gasteiger partial charge in [-0.05, 0) is 30.3 Å². The molecule has 4 heteroatoms. The van der Waals surface area contributed by atoms with Crippen LogP contribution in [0.2, 0.25) is 0 Å². The predicted molar refractivity (Wildman–Crippen MR) is 60.8 cm³/mol. The monoisotopic (exact) mass is 230 g/mol. The van der Waals surface area contributed by atoms with Gasteiger partial charge in [-0.15, -0.1) is 0 Å². The number of anilines is 2. The minimum Gasteiger partial charge on any atom is -0.353 e. The van der Waals surface area contributed by atoms with Crippen molar-refractivity contribution in [1.82, 2.24) is 0 Å². The van der Waals surface area contributed by atoms with E-state index < -0.39 is 11.6 Å². The van der Waals surface area contributed by atoms with Crippen molar-refractivity contribution < 1.29 is 8.78 Å². The Balaban J connectivity index is 2.29. The average molecular weight is 230 g/mol. The maximum absolute atomic E-state index is 13.3. The minimum absolute atomic E-state index is 0.0379. The van der Waals surface area contributed by atoms with Gasteiger partial charge < -0.3 is 5.32 Å². The Morgan fingerprint density at radius 3 is 2.41 bits per heavy atom. The number of halogens is 2. The molecule has 0 amide bonds. The van der Waals surface area contributed by atoms with Gasteiger partial charge in [-0.3, -0.25) is 0 Å². The number of hydrogen-bond acceptors (Lipinski definition) is 2. The maximum Gasteiger partial charge on any atom is 0.146 e. The summed E-state index contributed by atoms with van der Waals surface area (Å²) in [5.41, 5.74) is 0.618. The van der Waals surface area contributed by atoms with E-state index in [4.69, 9.17) is 5.26 Å². The molecule has 0 aliphatic rings. The fourth-order valence-electron chi connectivity index (χ4n) is 1.40. The lowest BCUT2D eigenvalue weighted by Crippen LogP contribution is -1.94. The third kappa shape index (κ3) is 2.40. The van der Waals surface area contributed by atoms with Crippen LogP contribution in [0, 0.1) is 23.0 Å². The second kappa shape index (κ2) is 4.62. The molecule has 0 bridgehead atoms. The Kier molecular flexibility index (Phi) is 3.01. The molecule has 0 aliphatic heterocycles. The second-order valence-corrected chi connectivity index (χ2v) is 3.41. The van der Waals surface area contributed by atoms with Gasteiger partial charge in [-0.2, -0.15) is 5.26 Å². The predicted octanol–water partition coefficient (Wildman–Crippen LogP) is 3.58. The summed E-state index contributed by atoms with van der Waals surface area (Å²) in [4.78, 5) is 0. The molecule has 17 heavy (non-hydrogen) atoms. The van der Waals surface area contributed by atoms with Crippen LogP contribution < -0.4 is 5.32 Å². The molecule has 0 radical (unpaired) electrons. The van der Waals surface area contributed by atoms with Gasteiger partial charge in [0.2, 0.25) is 0 Å². The summed E-state index contributed by atoms with van der Waals surface area (Å²) in [5.74, 6) is -1.05. The van der Waals surface area contributed by atoms with Crippen molar-refractivity contribution in [2.45, 2.75) is 0 Å². The van der Waals surface area contributed by atoms with E-state index in [1.165, 1.54) is 18.2 Å². The van der Waals surface area contributed by atoms with Gasteiger partial charge in [-0.25, -0.2) is 8.78 Å². The molecule has 0 saturated heterocycles. The highest BCUT2D eigenvalue weighted by Crippen LogP contribution is 2.21. The van der Waals surface area contributed by atoms with Crippen LogP contribution in [0.1, 0.15) is 5.56 Å². The third-order valence-corrected chi connectivity index (χ3v) is 2.24. The molecule has 0 saturated carbocycles. The summed E-state index contributed by atoms with van der Waals surface area (Å²) in [6.07, 6.45) is 0. The topological polar surface area (TPSA) is 35.8 Å². The number of nitrogens with zero attached hydrogens (tertiary/aromatic N) is 1. The molecule has 1 N–H and O–H groups in total. The van der Waals surface area contributed by atoms with Crippen molar-refractivity contribution in [3.8, 4) is 6.07 Å². The normalized spacial score (nSPS) is 9.71. The number of para-hydroxylation sites is 1. The molecule has 0 aliphatic carbocycles. The van der Waals surface area contributed by atoms with Crippen LogP contribution in [0.5, 0.6) is 0 Å². The van der Waals surface area contributed by atoms with E-state index in [1.54, 1.807) is 24.3 Å². The molecular formula is C13H8F2N2. The Hall–Kier alpha value is -2.41. The number of hydrogen-bond donors (Lipinski definition) is 1. The maximum atomic E-state index is 13.3. The molecule has 2 nitrogen and oxygen atoms in total. The van der Waals surface area contributed by atoms with E-state index in [9.17, 15) is 8.78 Å². The number of nitriles is 1. The standard InChI is InChI=1S/C13H8F2N2/c14-11-3-1-2-4-13(11)17-10-6-5-9(8-16)12(15)7-10/h1-7,17H. The molecule has 0 unspecified atom stereocenters. The fraction of sp³-hybridized carbons (Fsp3) is 0. The second-order valence-electron chi connectivity index (χ2n) is 3.41. The van der Waals surface area contributed by atoms with Gasteiger partial charge in [0, 0.05) is 5.69 Å². The molecule has 0 atom stereocenters. The van der Waals surface area contributed by atoms with Crippen LogP contribution in [0.15, 0.2) is 42.5 Å². The zero-order valence-electron chi connectivity index (χ0n) is 8.74. The van der Waals surface area contributed by atoms with Crippen molar-refractivity contribution in [3.63, 3.8) is 0 Å². The van der Waals surface area contributed by atoms with Gasteiger partial charge >= 0.3 is 0 Å². The minimum atomic E-state index is -0.631. The first-order valence-electron chi connectivity index (χ1n) is 4.92. The molecule has 0 aromatic heterocycles. The fourth-order valence-corrected chi connectivity index (χ4v) is 1.40. The van der Waals surface area contributed by atoms with E-state index in [1.807, 2.05) is 0 Å². The molecular weight excluding hydrogens is 222 g/mol. The first-order chi connectivity index (χ1) is 8.20. The number of nitrogens with one attached hydrogen (secondary N) is 1. The van der Waals surface area contributed by atoms with Crippen molar-refractivity contribution in [3.05, 3.63) is 59.7 Å². The van der Waals surface area contributed by atoms with Crippen LogP contribution in [0.25, 0.3) is 0 Å². The van der Waals surface area contributed by atoms with Crippen molar-refractivity contribution in [2.24, 2.45) is 0 Å². The summed E-state index contributed by atoms with van der Waals surface area (Å²) in [7, 11) is 0. The van der Waals surface area contributed by atoms with E-state index in [0.717, 1.165) is 6.07 Å². The summed E-state index contributed by atoms with van der Waals surface area (Å²) in [6.45, 7) is 0. The van der Waals surface area contributed by atoms with Crippen LogP contribution in [0.3, 0.4) is 0 Å². The van der Waals surface area contributed by atoms with Crippen molar-refractivity contribution in [2.75, 3.05) is 5.32 Å². The molecule has 0 spiro atoms. The van der Waals surface area contributed by atoms with Gasteiger partial charge in [0.05, 0.1) is 11.3 Å². The molecule has 2 rings (SSSR count). The lowest BCUT2D eigenvalue weighted by Gasteiger charge is -2.07. The van der Waals surface area contributed by atoms with Crippen LogP contribution in [-0.4, -0.2) is 0 Å². The Labute approximate surface area is 97.1 Å². The third-order valence-electron chi connectivity index (χ3n) is 2.24. The molecule has 0 fully saturated rings. The Morgan fingerprint density at radius 1 is 1.00 bits per heavy atom. The molecule has 2 aromatic rings. The molecule has 2 aromatic carbocycles. The van der Waals surface area contributed by atoms with Crippen LogP contribution in [0.4, 0.5) is 20.2 Å². The highest BCUT2D eigenvalue weighted by atomic mass is 19.1. The van der Waals surface area contributed by atoms with Crippen LogP contribution in [-0.2, 0) is 0 Å². The van der Waals surface area contributed by atoms with Crippen molar-refractivity contribution in [1.29, 1.82) is 5.26 Å². The molecule has 0 heterocycles. The number of rotatable bonds is 2. The highest BCUT2D eigenvalue weighted by Gasteiger charge is 2.04. The van der Waals surface area contributed by atoms with Gasteiger partial charge in [0.1, 0.15) is 17.7 Å². The van der Waals surface area contributed by atoms with Gasteiger partial charge in [0.25, 0.3) is 0 Å². The Morgan fingerprint density at radius 2 is 1.76 bits per heavy atom. The quantitative estimate of drug-likeness (QED) is 0.855. The van der Waals surface area contributed by atoms with E-state index >= 15 is 0 Å². The van der Waals surface area contributed by atoms with E-state index in [0.29, 0.717) is 5.69 Å². The van der Waals surface area contributed by atoms with Crippen LogP contribution >= 0.6 is 0 Å². The molecule has 84 valence electrons. The summed E-state index contributed by atoms with van der Waals surface area (Å²) >= 11 is 0. The lowest BCUT2D eigenvalue weighted by molar-refractivity contribution is 0.623. The first kappa shape index (κ1) is 11.1. The Bertz CT molecular complexity index is 588. The van der Waals surface area contributed by atoms with E-state index in [-0.39, 0.29) is 11.3 Å². The summed E-state index contributed by atoms with van der Waals surface area (Å²) in [5, 5.41) is 11.3. The van der Waals surface area contributed by atoms with Gasteiger partial charge in [0.15, 0.2) is 0 Å². The zero-order valence-corrected chi connectivity index (χ0v) is 8.74. The first-order valence-corrected chi connectivity index (χ1v) is 4.92. The SMILES string of the molecule is N#Cc1ccc(Nc2ccccc2F)cc1F. The average Bonchev–Trinajstić information content (AvgIpc) is 2.32. The van der Waals surface area contributed by atoms with E-state index in [2.05, 4.69) is 5.32 Å². The highest BCUT2D eigenvalue weighted by molar-refractivity contribution is 5.61. The number of benzene rings is 2. The van der Waals surface area contributed by atoms with Gasteiger partial charge in [-0.1, -0.05) is 12.1 Å². The summed E-state index contributed by atoms with van der Waals surface area (Å²) in [6, 6.07) is 11.8. The summed E-state index contributed by atoms with van der Waals surface area (Å²) < 4.78 is 26.6. The lowest BCUT2D eigenvalue weighted by atomic mass is 10.2. The van der Waals surface area contributed by atoms with Crippen molar-refractivity contribution >= 4 is 11.4 Å². The largest absolute Gasteiger partial charge is 0.353 e.